The zero-order valence-electron chi connectivity index (χ0n) is 11.3. The van der Waals surface area contributed by atoms with Crippen LogP contribution >= 0.6 is 0 Å². The first-order valence-electron chi connectivity index (χ1n) is 6.82. The topological polar surface area (TPSA) is 17.1 Å². The van der Waals surface area contributed by atoms with Gasteiger partial charge in [0.05, 0.1) is 0 Å². The van der Waals surface area contributed by atoms with Gasteiger partial charge in [-0.1, -0.05) is 69.9 Å². The Morgan fingerprint density at radius 2 is 1.53 bits per heavy atom. The van der Waals surface area contributed by atoms with Crippen LogP contribution in [0.15, 0.2) is 30.3 Å². The minimum atomic E-state index is 0.639. The van der Waals surface area contributed by atoms with Gasteiger partial charge in [0, 0.05) is 6.42 Å². The molecule has 0 radical (unpaired) electrons. The van der Waals surface area contributed by atoms with Gasteiger partial charge < -0.3 is 4.79 Å². The fraction of sp³-hybridized carbons (Fsp3) is 0.562. The first kappa shape index (κ1) is 15.9. The number of benzene rings is 1. The molecule has 96 valence electrons. The molecule has 0 amide bonds. The van der Waals surface area contributed by atoms with Gasteiger partial charge in [0.2, 0.25) is 0 Å². The van der Waals surface area contributed by atoms with E-state index < -0.39 is 0 Å². The number of rotatable bonds is 7. The first-order valence-corrected chi connectivity index (χ1v) is 6.82. The standard InChI is InChI=1S/C13H20.C3H6O/c1-2-3-4-5-7-10-13-11-8-6-9-12-13;1-2-3-4/h6,8-9,11-12H,2-5,7,10H2,1H3;3H,2H2,1H3. The van der Waals surface area contributed by atoms with Gasteiger partial charge in [-0.05, 0) is 18.4 Å². The molecule has 0 saturated heterocycles. The van der Waals surface area contributed by atoms with Gasteiger partial charge in [0.15, 0.2) is 0 Å². The van der Waals surface area contributed by atoms with Crippen LogP contribution in [0.5, 0.6) is 0 Å². The molecule has 17 heavy (non-hydrogen) atoms. The fourth-order valence-corrected chi connectivity index (χ4v) is 1.58. The Labute approximate surface area is 106 Å². The van der Waals surface area contributed by atoms with Crippen molar-refractivity contribution in [3.63, 3.8) is 0 Å². The minimum Gasteiger partial charge on any atom is -0.303 e. The van der Waals surface area contributed by atoms with Crippen LogP contribution in [-0.4, -0.2) is 6.29 Å². The Hall–Kier alpha value is -1.11. The number of carbonyl (C=O) groups excluding carboxylic acids is 1. The zero-order valence-corrected chi connectivity index (χ0v) is 11.3. The summed E-state index contributed by atoms with van der Waals surface area (Å²) < 4.78 is 0. The largest absolute Gasteiger partial charge is 0.303 e. The van der Waals surface area contributed by atoms with Crippen molar-refractivity contribution >= 4 is 6.29 Å². The molecule has 0 bridgehead atoms. The van der Waals surface area contributed by atoms with E-state index in [1.807, 2.05) is 6.92 Å². The Kier molecular flexibility index (Phi) is 12.1. The predicted molar refractivity (Wildman–Crippen MR) is 75.3 cm³/mol. The van der Waals surface area contributed by atoms with Crippen LogP contribution in [0.25, 0.3) is 0 Å². The van der Waals surface area contributed by atoms with Gasteiger partial charge in [0.25, 0.3) is 0 Å². The summed E-state index contributed by atoms with van der Waals surface area (Å²) in [6, 6.07) is 10.8. The molecule has 0 aliphatic carbocycles. The van der Waals surface area contributed by atoms with Crippen LogP contribution in [0.2, 0.25) is 0 Å². The molecule has 0 saturated carbocycles. The number of aldehydes is 1. The Balaban J connectivity index is 0.000000557. The molecule has 1 nitrogen and oxygen atoms in total. The van der Waals surface area contributed by atoms with Gasteiger partial charge in [-0.25, -0.2) is 0 Å². The van der Waals surface area contributed by atoms with Crippen LogP contribution in [0.4, 0.5) is 0 Å². The maximum atomic E-state index is 9.17. The average Bonchev–Trinajstić information content (AvgIpc) is 2.40. The molecule has 0 N–H and O–H groups in total. The highest BCUT2D eigenvalue weighted by molar-refractivity contribution is 5.48. The Morgan fingerprint density at radius 1 is 0.941 bits per heavy atom. The SMILES string of the molecule is CCC=O.CCCCCCCc1ccccc1. The lowest BCUT2D eigenvalue weighted by atomic mass is 10.1. The lowest BCUT2D eigenvalue weighted by Crippen LogP contribution is -1.84. The van der Waals surface area contributed by atoms with Gasteiger partial charge in [-0.2, -0.15) is 0 Å². The van der Waals surface area contributed by atoms with Crippen molar-refractivity contribution in [2.24, 2.45) is 0 Å². The van der Waals surface area contributed by atoms with Gasteiger partial charge in [-0.15, -0.1) is 0 Å². The van der Waals surface area contributed by atoms with Crippen molar-refractivity contribution in [3.8, 4) is 0 Å². The minimum absolute atomic E-state index is 0.639. The lowest BCUT2D eigenvalue weighted by molar-refractivity contribution is -0.107. The summed E-state index contributed by atoms with van der Waals surface area (Å²) in [6.07, 6.45) is 9.65. The van der Waals surface area contributed by atoms with Crippen LogP contribution in [0.1, 0.15) is 57.9 Å². The maximum absolute atomic E-state index is 9.17. The summed E-state index contributed by atoms with van der Waals surface area (Å²) in [6.45, 7) is 4.07. The maximum Gasteiger partial charge on any atom is 0.119 e. The predicted octanol–water partition coefficient (Wildman–Crippen LogP) is 4.79. The summed E-state index contributed by atoms with van der Waals surface area (Å²) in [5.41, 5.74) is 1.49. The molecule has 0 heterocycles. The van der Waals surface area contributed by atoms with E-state index >= 15 is 0 Å². The molecule has 0 aromatic heterocycles. The lowest BCUT2D eigenvalue weighted by Gasteiger charge is -2.00. The number of carbonyl (C=O) groups is 1. The summed E-state index contributed by atoms with van der Waals surface area (Å²) in [5, 5.41) is 0. The average molecular weight is 234 g/mol. The second-order valence-corrected chi connectivity index (χ2v) is 4.22. The van der Waals surface area contributed by atoms with E-state index in [4.69, 9.17) is 0 Å². The molecule has 0 fully saturated rings. The fourth-order valence-electron chi connectivity index (χ4n) is 1.58. The molecular weight excluding hydrogens is 208 g/mol. The van der Waals surface area contributed by atoms with E-state index in [1.54, 1.807) is 0 Å². The smallest absolute Gasteiger partial charge is 0.119 e. The molecule has 1 aromatic rings. The van der Waals surface area contributed by atoms with Gasteiger partial charge in [-0.3, -0.25) is 0 Å². The van der Waals surface area contributed by atoms with E-state index in [1.165, 1.54) is 44.1 Å². The monoisotopic (exact) mass is 234 g/mol. The molecule has 0 spiro atoms. The molecule has 1 aromatic carbocycles. The van der Waals surface area contributed by atoms with Crippen LogP contribution in [0.3, 0.4) is 0 Å². The van der Waals surface area contributed by atoms with Crippen molar-refractivity contribution in [3.05, 3.63) is 35.9 Å². The van der Waals surface area contributed by atoms with E-state index in [2.05, 4.69) is 37.3 Å². The summed E-state index contributed by atoms with van der Waals surface area (Å²) in [7, 11) is 0. The quantitative estimate of drug-likeness (QED) is 0.489. The molecule has 0 aliphatic rings. The summed E-state index contributed by atoms with van der Waals surface area (Å²) in [4.78, 5) is 9.17. The van der Waals surface area contributed by atoms with E-state index in [0.717, 1.165) is 6.29 Å². The summed E-state index contributed by atoms with van der Waals surface area (Å²) in [5.74, 6) is 0. The second-order valence-electron chi connectivity index (χ2n) is 4.22. The third-order valence-electron chi connectivity index (χ3n) is 2.58. The van der Waals surface area contributed by atoms with Crippen molar-refractivity contribution in [1.82, 2.24) is 0 Å². The number of hydrogen-bond acceptors (Lipinski definition) is 1. The van der Waals surface area contributed by atoms with E-state index in [-0.39, 0.29) is 0 Å². The third kappa shape index (κ3) is 11.2. The molecule has 0 unspecified atom stereocenters. The molecular formula is C16H26O. The summed E-state index contributed by atoms with van der Waals surface area (Å²) >= 11 is 0. The molecule has 1 heteroatoms. The number of aryl methyl sites for hydroxylation is 1. The molecule has 0 atom stereocenters. The Bertz CT molecular complexity index is 253. The molecule has 1 rings (SSSR count). The highest BCUT2D eigenvalue weighted by Gasteiger charge is 1.91. The van der Waals surface area contributed by atoms with Crippen molar-refractivity contribution in [2.45, 2.75) is 58.8 Å². The highest BCUT2D eigenvalue weighted by Crippen LogP contribution is 2.08. The van der Waals surface area contributed by atoms with E-state index in [9.17, 15) is 4.79 Å². The van der Waals surface area contributed by atoms with E-state index in [0.29, 0.717) is 6.42 Å². The van der Waals surface area contributed by atoms with Gasteiger partial charge >= 0.3 is 0 Å². The number of unbranched alkanes of at least 4 members (excludes halogenated alkanes) is 4. The third-order valence-corrected chi connectivity index (χ3v) is 2.58. The first-order chi connectivity index (χ1) is 8.35. The van der Waals surface area contributed by atoms with Crippen LogP contribution < -0.4 is 0 Å². The van der Waals surface area contributed by atoms with Crippen LogP contribution in [-0.2, 0) is 11.2 Å². The normalized spacial score (nSPS) is 9.29. The van der Waals surface area contributed by atoms with Crippen molar-refractivity contribution in [2.75, 3.05) is 0 Å². The van der Waals surface area contributed by atoms with Crippen LogP contribution in [0, 0.1) is 0 Å². The Morgan fingerprint density at radius 3 is 2.06 bits per heavy atom. The molecule has 0 aliphatic heterocycles. The zero-order chi connectivity index (χ0) is 12.8. The second kappa shape index (κ2) is 13.0. The van der Waals surface area contributed by atoms with Crippen molar-refractivity contribution in [1.29, 1.82) is 0 Å². The highest BCUT2D eigenvalue weighted by atomic mass is 16.1. The van der Waals surface area contributed by atoms with Gasteiger partial charge in [0.1, 0.15) is 6.29 Å². The number of hydrogen-bond donors (Lipinski definition) is 0. The van der Waals surface area contributed by atoms with Crippen molar-refractivity contribution < 1.29 is 4.79 Å².